The summed E-state index contributed by atoms with van der Waals surface area (Å²) in [6.45, 7) is 5.38. The van der Waals surface area contributed by atoms with Gasteiger partial charge >= 0.3 is 5.97 Å². The Labute approximate surface area is 78.1 Å². The van der Waals surface area contributed by atoms with Crippen LogP contribution in [0.4, 0.5) is 0 Å². The fraction of sp³-hybridized carbons (Fsp3) is 0.778. The largest absolute Gasteiger partial charge is 0.481 e. The number of carboxylic acids is 1. The maximum Gasteiger partial charge on any atom is 0.307 e. The molecule has 0 aromatic rings. The fourth-order valence-electron chi connectivity index (χ4n) is 1.25. The van der Waals surface area contributed by atoms with E-state index in [1.54, 1.807) is 0 Å². The number of carbonyl (C=O) groups is 2. The Bertz CT molecular complexity index is 201. The third kappa shape index (κ3) is 3.92. The topological polar surface area (TPSA) is 80.4 Å². The molecule has 3 N–H and O–H groups in total. The van der Waals surface area contributed by atoms with Crippen LogP contribution in [0.25, 0.3) is 0 Å². The third-order valence-corrected chi connectivity index (χ3v) is 2.08. The molecule has 0 aliphatic heterocycles. The summed E-state index contributed by atoms with van der Waals surface area (Å²) in [5.41, 5.74) is 5.12. The highest BCUT2D eigenvalue weighted by Crippen LogP contribution is 2.20. The molecular weight excluding hydrogens is 170 g/mol. The monoisotopic (exact) mass is 187 g/mol. The predicted octanol–water partition coefficient (Wildman–Crippen LogP) is 0.855. The molecule has 76 valence electrons. The predicted molar refractivity (Wildman–Crippen MR) is 48.9 cm³/mol. The number of hydrogen-bond donors (Lipinski definition) is 2. The minimum absolute atomic E-state index is 0.277. The van der Waals surface area contributed by atoms with Crippen LogP contribution in [0.1, 0.15) is 27.2 Å². The van der Waals surface area contributed by atoms with Crippen molar-refractivity contribution in [1.82, 2.24) is 0 Å². The van der Waals surface area contributed by atoms with E-state index in [9.17, 15) is 9.59 Å². The molecule has 0 aliphatic carbocycles. The molecule has 2 unspecified atom stereocenters. The van der Waals surface area contributed by atoms with Gasteiger partial charge in [-0.3, -0.25) is 9.59 Å². The van der Waals surface area contributed by atoms with Crippen LogP contribution in [-0.4, -0.2) is 17.0 Å². The molecule has 4 nitrogen and oxygen atoms in total. The summed E-state index contributed by atoms with van der Waals surface area (Å²) >= 11 is 0. The number of carboxylic acid groups (broad SMARTS) is 1. The van der Waals surface area contributed by atoms with Gasteiger partial charge in [0.15, 0.2) is 0 Å². The zero-order valence-electron chi connectivity index (χ0n) is 8.28. The Hall–Kier alpha value is -1.06. The lowest BCUT2D eigenvalue weighted by Crippen LogP contribution is -2.33. The third-order valence-electron chi connectivity index (χ3n) is 2.08. The van der Waals surface area contributed by atoms with Crippen molar-refractivity contribution in [1.29, 1.82) is 0 Å². The summed E-state index contributed by atoms with van der Waals surface area (Å²) in [6.07, 6.45) is 0.531. The van der Waals surface area contributed by atoms with Crippen molar-refractivity contribution >= 4 is 11.9 Å². The Balaban J connectivity index is 4.42. The van der Waals surface area contributed by atoms with Gasteiger partial charge in [0.2, 0.25) is 5.91 Å². The Morgan fingerprint density at radius 3 is 2.00 bits per heavy atom. The molecule has 13 heavy (non-hydrogen) atoms. The summed E-state index contributed by atoms with van der Waals surface area (Å²) in [5, 5.41) is 8.71. The average molecular weight is 187 g/mol. The smallest absolute Gasteiger partial charge is 0.307 e. The molecule has 0 rings (SSSR count). The minimum atomic E-state index is -0.968. The average Bonchev–Trinajstić information content (AvgIpc) is 1.97. The second-order valence-corrected chi connectivity index (χ2v) is 3.77. The minimum Gasteiger partial charge on any atom is -0.481 e. The van der Waals surface area contributed by atoms with Gasteiger partial charge in [-0.1, -0.05) is 20.8 Å². The summed E-state index contributed by atoms with van der Waals surface area (Å²) in [7, 11) is 0. The van der Waals surface area contributed by atoms with Crippen LogP contribution in [0.5, 0.6) is 0 Å². The van der Waals surface area contributed by atoms with Crippen LogP contribution in [0.2, 0.25) is 0 Å². The molecule has 0 aromatic carbocycles. The zero-order valence-corrected chi connectivity index (χ0v) is 8.28. The van der Waals surface area contributed by atoms with E-state index in [2.05, 4.69) is 0 Å². The highest BCUT2D eigenvalue weighted by Gasteiger charge is 2.28. The normalized spacial score (nSPS) is 15.4. The summed E-state index contributed by atoms with van der Waals surface area (Å²) in [4.78, 5) is 21.6. The first-order valence-electron chi connectivity index (χ1n) is 4.38. The van der Waals surface area contributed by atoms with E-state index in [0.717, 1.165) is 0 Å². The number of rotatable bonds is 5. The van der Waals surface area contributed by atoms with E-state index < -0.39 is 23.7 Å². The van der Waals surface area contributed by atoms with E-state index in [0.29, 0.717) is 6.42 Å². The zero-order chi connectivity index (χ0) is 10.6. The van der Waals surface area contributed by atoms with Crippen LogP contribution in [0.15, 0.2) is 0 Å². The van der Waals surface area contributed by atoms with Crippen molar-refractivity contribution in [2.24, 2.45) is 23.5 Å². The molecule has 0 heterocycles. The molecule has 2 atom stereocenters. The molecule has 0 spiro atoms. The number of carbonyl (C=O) groups excluding carboxylic acids is 1. The Morgan fingerprint density at radius 1 is 1.31 bits per heavy atom. The molecule has 0 fully saturated rings. The Kier molecular flexibility index (Phi) is 4.45. The van der Waals surface area contributed by atoms with Crippen molar-refractivity contribution < 1.29 is 14.7 Å². The quantitative estimate of drug-likeness (QED) is 0.669. The number of nitrogens with two attached hydrogens (primary N) is 1. The van der Waals surface area contributed by atoms with E-state index in [1.807, 2.05) is 13.8 Å². The van der Waals surface area contributed by atoms with Crippen LogP contribution in [0.3, 0.4) is 0 Å². The lowest BCUT2D eigenvalue weighted by atomic mass is 9.86. The maximum atomic E-state index is 10.9. The van der Waals surface area contributed by atoms with E-state index in [4.69, 9.17) is 10.8 Å². The number of primary amides is 1. The summed E-state index contributed by atoms with van der Waals surface area (Å²) < 4.78 is 0. The van der Waals surface area contributed by atoms with Gasteiger partial charge in [0.25, 0.3) is 0 Å². The van der Waals surface area contributed by atoms with E-state index in [-0.39, 0.29) is 5.92 Å². The summed E-state index contributed by atoms with van der Waals surface area (Å²) in [6, 6.07) is 0. The van der Waals surface area contributed by atoms with E-state index in [1.165, 1.54) is 6.92 Å². The molecule has 0 saturated carbocycles. The van der Waals surface area contributed by atoms with Gasteiger partial charge in [-0.2, -0.15) is 0 Å². The first-order chi connectivity index (χ1) is 5.86. The molecular formula is C9H17NO3. The fourth-order valence-corrected chi connectivity index (χ4v) is 1.25. The van der Waals surface area contributed by atoms with Crippen LogP contribution < -0.4 is 5.73 Å². The highest BCUT2D eigenvalue weighted by atomic mass is 16.4. The van der Waals surface area contributed by atoms with Gasteiger partial charge in [0.1, 0.15) is 0 Å². The van der Waals surface area contributed by atoms with Gasteiger partial charge in [-0.05, 0) is 12.3 Å². The molecule has 0 radical (unpaired) electrons. The van der Waals surface area contributed by atoms with Crippen LogP contribution in [-0.2, 0) is 9.59 Å². The first-order valence-corrected chi connectivity index (χ1v) is 4.38. The summed E-state index contributed by atoms with van der Waals surface area (Å²) in [5.74, 6) is -2.47. The molecule has 1 amide bonds. The van der Waals surface area contributed by atoms with Gasteiger partial charge in [0.05, 0.1) is 11.8 Å². The highest BCUT2D eigenvalue weighted by molar-refractivity contribution is 5.83. The standard InChI is InChI=1S/C9H17NO3/c1-5(2)4-7(8(10)11)6(3)9(12)13/h5-7H,4H2,1-3H3,(H2,10,11)(H,12,13). The van der Waals surface area contributed by atoms with Crippen molar-refractivity contribution in [3.8, 4) is 0 Å². The molecule has 0 bridgehead atoms. The Morgan fingerprint density at radius 2 is 1.77 bits per heavy atom. The van der Waals surface area contributed by atoms with Crippen molar-refractivity contribution in [2.75, 3.05) is 0 Å². The second kappa shape index (κ2) is 4.84. The van der Waals surface area contributed by atoms with Gasteiger partial charge < -0.3 is 10.8 Å². The number of amides is 1. The first kappa shape index (κ1) is 11.9. The van der Waals surface area contributed by atoms with Gasteiger partial charge in [0, 0.05) is 0 Å². The second-order valence-electron chi connectivity index (χ2n) is 3.77. The van der Waals surface area contributed by atoms with Gasteiger partial charge in [-0.25, -0.2) is 0 Å². The number of hydrogen-bond acceptors (Lipinski definition) is 2. The van der Waals surface area contributed by atoms with E-state index >= 15 is 0 Å². The van der Waals surface area contributed by atoms with Crippen molar-refractivity contribution in [3.05, 3.63) is 0 Å². The van der Waals surface area contributed by atoms with Crippen molar-refractivity contribution in [2.45, 2.75) is 27.2 Å². The lowest BCUT2D eigenvalue weighted by molar-refractivity contribution is -0.146. The van der Waals surface area contributed by atoms with Crippen LogP contribution in [0, 0.1) is 17.8 Å². The molecule has 0 aromatic heterocycles. The molecule has 4 heteroatoms. The number of aliphatic carboxylic acids is 1. The molecule has 0 aliphatic rings. The lowest BCUT2D eigenvalue weighted by Gasteiger charge is -2.19. The van der Waals surface area contributed by atoms with Gasteiger partial charge in [-0.15, -0.1) is 0 Å². The van der Waals surface area contributed by atoms with Crippen LogP contribution >= 0.6 is 0 Å². The molecule has 0 saturated heterocycles. The van der Waals surface area contributed by atoms with Crippen molar-refractivity contribution in [3.63, 3.8) is 0 Å². The maximum absolute atomic E-state index is 10.9. The SMILES string of the molecule is CC(C)CC(C(N)=O)C(C)C(=O)O.